The van der Waals surface area contributed by atoms with Crippen molar-refractivity contribution < 1.29 is 57.1 Å². The molecule has 1 fully saturated rings. The van der Waals surface area contributed by atoms with Gasteiger partial charge in [0.1, 0.15) is 34.4 Å². The molecule has 4 aromatic heterocycles. The van der Waals surface area contributed by atoms with Gasteiger partial charge in [0.25, 0.3) is 11.5 Å². The van der Waals surface area contributed by atoms with Crippen LogP contribution in [0.15, 0.2) is 35.1 Å². The molecule has 2 N–H and O–H groups in total. The number of aryl methyl sites for hydroxylation is 1. The molecule has 27 heteroatoms. The summed E-state index contributed by atoms with van der Waals surface area (Å²) in [6, 6.07) is 3.01. The highest BCUT2D eigenvalue weighted by Crippen LogP contribution is 2.68. The number of sulfonamides is 1. The van der Waals surface area contributed by atoms with Crippen molar-refractivity contribution >= 4 is 71.1 Å². The lowest BCUT2D eigenvalue weighted by molar-refractivity contribution is -0.142. The second-order valence-electron chi connectivity index (χ2n) is 15.1. The van der Waals surface area contributed by atoms with Crippen LogP contribution in [0.4, 0.5) is 54.9 Å². The second kappa shape index (κ2) is 15.1. The summed E-state index contributed by atoms with van der Waals surface area (Å²) in [4.78, 5) is 38.7. The Bertz CT molecular complexity index is 3020. The number of hydrogen-bond donors (Lipinski definition) is 2. The lowest BCUT2D eigenvalue weighted by atomic mass is 10.0. The van der Waals surface area contributed by atoms with Gasteiger partial charge in [-0.15, -0.1) is 0 Å². The van der Waals surface area contributed by atoms with Gasteiger partial charge in [-0.25, -0.2) is 22.2 Å². The molecular formula is C36H29ClF10N10O4S2. The summed E-state index contributed by atoms with van der Waals surface area (Å²) in [5, 5.41) is 9.76. The number of nitrogens with one attached hydrogen (secondary N) is 2. The van der Waals surface area contributed by atoms with Gasteiger partial charge < -0.3 is 10.2 Å². The van der Waals surface area contributed by atoms with E-state index < -0.39 is 118 Å². The molecule has 3 atom stereocenters. The number of halogens is 11. The third-order valence-corrected chi connectivity index (χ3v) is 12.5. The number of thiazole rings is 1. The van der Waals surface area contributed by atoms with Crippen molar-refractivity contribution in [2.24, 2.45) is 13.0 Å². The number of anilines is 2. The van der Waals surface area contributed by atoms with Gasteiger partial charge in [0.05, 0.1) is 40.3 Å². The number of amides is 1. The van der Waals surface area contributed by atoms with E-state index in [0.29, 0.717) is 17.4 Å². The Balaban J connectivity index is 1.32. The number of aromatic nitrogens is 7. The van der Waals surface area contributed by atoms with E-state index in [-0.39, 0.29) is 59.6 Å². The topological polar surface area (TPSA) is 162 Å². The zero-order valence-electron chi connectivity index (χ0n) is 32.3. The molecule has 0 unspecified atom stereocenters. The summed E-state index contributed by atoms with van der Waals surface area (Å²) in [6.07, 6.45) is -11.1. The third kappa shape index (κ3) is 8.26. The minimum atomic E-state index is -5.17. The van der Waals surface area contributed by atoms with Gasteiger partial charge in [-0.3, -0.25) is 28.2 Å². The van der Waals surface area contributed by atoms with Crippen LogP contribution in [0.5, 0.6) is 0 Å². The zero-order valence-corrected chi connectivity index (χ0v) is 34.7. The molecule has 2 aromatic carbocycles. The average Bonchev–Trinajstić information content (AvgIpc) is 3.38. The molecule has 8 rings (SSSR count). The van der Waals surface area contributed by atoms with Crippen LogP contribution in [0, 0.1) is 17.6 Å². The molecule has 0 bridgehead atoms. The first kappa shape index (κ1) is 44.1. The molecule has 1 saturated carbocycles. The number of benzene rings is 2. The Labute approximate surface area is 356 Å². The molecule has 4 heterocycles. The van der Waals surface area contributed by atoms with Gasteiger partial charge in [0.15, 0.2) is 22.3 Å². The van der Waals surface area contributed by atoms with Crippen LogP contribution >= 0.6 is 22.9 Å². The Morgan fingerprint density at radius 3 is 2.40 bits per heavy atom. The molecule has 2 aliphatic rings. The van der Waals surface area contributed by atoms with E-state index in [1.807, 2.05) is 0 Å². The first-order valence-electron chi connectivity index (χ1n) is 18.4. The number of fused-ring (bicyclic) bond motifs is 5. The number of carbonyl (C=O) groups is 1. The van der Waals surface area contributed by atoms with E-state index in [9.17, 15) is 53.1 Å². The van der Waals surface area contributed by atoms with Gasteiger partial charge in [-0.1, -0.05) is 22.9 Å². The third-order valence-electron chi connectivity index (χ3n) is 10.4. The van der Waals surface area contributed by atoms with Gasteiger partial charge in [0, 0.05) is 44.6 Å². The average molecular weight is 955 g/mol. The van der Waals surface area contributed by atoms with Crippen molar-refractivity contribution in [2.45, 2.75) is 56.0 Å². The van der Waals surface area contributed by atoms with Crippen LogP contribution in [-0.2, 0) is 46.9 Å². The highest BCUT2D eigenvalue weighted by Gasteiger charge is 2.68. The largest absolute Gasteiger partial charge is 0.435 e. The monoisotopic (exact) mass is 954 g/mol. The standard InChI is InChI=1S/C36H29ClF10N10O4S2/c1-54(7-6-34(40,41)42)33-50-30-26(62-33)32(59)57(21-5-4-19(37)24-25(21)55(2)52-29(24)53-63(3,60)61)31(49-30)20(10-14-8-15(38)11-16(39)9-14)48-22(58)13-56-28-23(27(51-56)36(45,46)47)17-12-18(17)35(28,43)44/h4-5,8-9,11,17-18,20H,6-7,10,12-13H2,1-3H3,(H,48,58)(H,52,53)/t17-,18+,20-/m0/s1. The molecule has 6 aromatic rings. The van der Waals surface area contributed by atoms with Crippen LogP contribution < -0.4 is 20.5 Å². The maximum Gasteiger partial charge on any atom is 0.435 e. The summed E-state index contributed by atoms with van der Waals surface area (Å²) in [7, 11) is -1.39. The summed E-state index contributed by atoms with van der Waals surface area (Å²) in [6.45, 7) is -1.85. The normalized spacial score (nSPS) is 17.6. The molecule has 63 heavy (non-hydrogen) atoms. The van der Waals surface area contributed by atoms with Crippen LogP contribution in [0.1, 0.15) is 53.1 Å². The highest BCUT2D eigenvalue weighted by atomic mass is 35.5. The van der Waals surface area contributed by atoms with Crippen molar-refractivity contribution in [3.63, 3.8) is 0 Å². The van der Waals surface area contributed by atoms with Crippen LogP contribution in [-0.4, -0.2) is 74.4 Å². The maximum atomic E-state index is 15.5. The van der Waals surface area contributed by atoms with E-state index in [2.05, 4.69) is 30.2 Å². The molecule has 0 saturated heterocycles. The molecule has 336 valence electrons. The summed E-state index contributed by atoms with van der Waals surface area (Å²) in [5.41, 5.74) is -5.19. The Morgan fingerprint density at radius 2 is 1.76 bits per heavy atom. The Morgan fingerprint density at radius 1 is 1.08 bits per heavy atom. The lowest BCUT2D eigenvalue weighted by Gasteiger charge is -2.23. The molecule has 14 nitrogen and oxygen atoms in total. The molecule has 2 aliphatic carbocycles. The smallest absolute Gasteiger partial charge is 0.351 e. The number of rotatable bonds is 12. The number of alkyl halides is 8. The predicted molar refractivity (Wildman–Crippen MR) is 208 cm³/mol. The quantitative estimate of drug-likeness (QED) is 0.124. The lowest BCUT2D eigenvalue weighted by Crippen LogP contribution is -2.38. The van der Waals surface area contributed by atoms with Gasteiger partial charge in [-0.05, 0) is 42.2 Å². The van der Waals surface area contributed by atoms with E-state index in [1.165, 1.54) is 26.2 Å². The molecule has 1 amide bonds. The van der Waals surface area contributed by atoms with Gasteiger partial charge in [-0.2, -0.15) is 50.3 Å². The first-order valence-corrected chi connectivity index (χ1v) is 21.5. The van der Waals surface area contributed by atoms with Crippen molar-refractivity contribution in [2.75, 3.05) is 29.5 Å². The minimum Gasteiger partial charge on any atom is -0.351 e. The molecule has 0 aliphatic heterocycles. The number of hydrogen-bond acceptors (Lipinski definition) is 10. The van der Waals surface area contributed by atoms with Crippen LogP contribution in [0.3, 0.4) is 0 Å². The number of carbonyl (C=O) groups excluding carboxylic acids is 1. The molecule has 0 radical (unpaired) electrons. The maximum absolute atomic E-state index is 15.5. The SMILES string of the molecule is CN(CCC(F)(F)F)c1nc2nc([C@H](Cc3cc(F)cc(F)c3)NC(=O)Cn3nc(C(F)(F)F)c4c3C(F)(F)[C@@H]3C[C@H]43)n(-c3ccc(Cl)c4c(NS(C)(=O)=O)nn(C)c34)c(=O)c2s1. The van der Waals surface area contributed by atoms with Crippen molar-refractivity contribution in [1.29, 1.82) is 0 Å². The van der Waals surface area contributed by atoms with Crippen LogP contribution in [0.2, 0.25) is 5.02 Å². The predicted octanol–water partition coefficient (Wildman–Crippen LogP) is 6.95. The fourth-order valence-corrected chi connectivity index (χ4v) is 9.49. The Hall–Kier alpha value is -5.50. The zero-order chi connectivity index (χ0) is 45.9. The first-order chi connectivity index (χ1) is 29.2. The summed E-state index contributed by atoms with van der Waals surface area (Å²) < 4.78 is 171. The molecule has 0 spiro atoms. The fraction of sp³-hybridized carbons (Fsp3) is 0.389. The van der Waals surface area contributed by atoms with Crippen LogP contribution in [0.25, 0.3) is 26.9 Å². The summed E-state index contributed by atoms with van der Waals surface area (Å²) >= 11 is 7.17. The summed E-state index contributed by atoms with van der Waals surface area (Å²) in [5.74, 6) is -10.6. The fourth-order valence-electron chi connectivity index (χ4n) is 7.83. The van der Waals surface area contributed by atoms with Crippen molar-refractivity contribution in [1.82, 2.24) is 39.4 Å². The number of nitrogens with zero attached hydrogens (tertiary/aromatic N) is 8. The van der Waals surface area contributed by atoms with E-state index >= 15 is 8.78 Å². The minimum absolute atomic E-state index is 0.0420. The van der Waals surface area contributed by atoms with Crippen molar-refractivity contribution in [3.8, 4) is 5.69 Å². The van der Waals surface area contributed by atoms with E-state index in [1.54, 1.807) is 0 Å². The van der Waals surface area contributed by atoms with Gasteiger partial charge >= 0.3 is 12.4 Å². The highest BCUT2D eigenvalue weighted by molar-refractivity contribution is 7.92. The van der Waals surface area contributed by atoms with Crippen molar-refractivity contribution in [3.05, 3.63) is 85.7 Å². The van der Waals surface area contributed by atoms with E-state index in [0.717, 1.165) is 32.5 Å². The molecular weight excluding hydrogens is 926 g/mol. The Kier molecular flexibility index (Phi) is 10.5. The van der Waals surface area contributed by atoms with Gasteiger partial charge in [0.2, 0.25) is 15.9 Å². The second-order valence-corrected chi connectivity index (χ2v) is 18.3. The van der Waals surface area contributed by atoms with E-state index in [4.69, 9.17) is 11.6 Å².